The molecule has 0 bridgehead atoms. The van der Waals surface area contributed by atoms with Crippen LogP contribution in [0.25, 0.3) is 0 Å². The molecule has 1 heterocycles. The number of H-pyrrole nitrogens is 1. The van der Waals surface area contributed by atoms with E-state index < -0.39 is 0 Å². The summed E-state index contributed by atoms with van der Waals surface area (Å²) in [4.78, 5) is 17.9. The highest BCUT2D eigenvalue weighted by atomic mass is 16.5. The molecule has 2 rings (SSSR count). The first-order valence-electron chi connectivity index (χ1n) is 4.99. The van der Waals surface area contributed by atoms with Crippen molar-refractivity contribution in [2.75, 3.05) is 0 Å². The summed E-state index contributed by atoms with van der Waals surface area (Å²) in [7, 11) is 0. The Hall–Kier alpha value is -2.10. The highest BCUT2D eigenvalue weighted by molar-refractivity contribution is 5.21. The predicted molar refractivity (Wildman–Crippen MR) is 60.4 cm³/mol. The first-order valence-corrected chi connectivity index (χ1v) is 4.99. The largest absolute Gasteiger partial charge is 0.487 e. The van der Waals surface area contributed by atoms with Crippen LogP contribution in [0.5, 0.6) is 5.75 Å². The lowest BCUT2D eigenvalue weighted by atomic mass is 10.3. The second-order valence-electron chi connectivity index (χ2n) is 3.42. The van der Waals surface area contributed by atoms with Gasteiger partial charge in [0, 0.05) is 6.07 Å². The molecule has 0 aliphatic rings. The third-order valence-electron chi connectivity index (χ3n) is 2.04. The molecule has 0 spiro atoms. The second-order valence-corrected chi connectivity index (χ2v) is 3.42. The third kappa shape index (κ3) is 2.70. The van der Waals surface area contributed by atoms with E-state index in [1.54, 1.807) is 6.92 Å². The Morgan fingerprint density at radius 2 is 2.06 bits per heavy atom. The van der Waals surface area contributed by atoms with Crippen LogP contribution in [0.2, 0.25) is 0 Å². The Bertz CT molecular complexity index is 520. The Balaban J connectivity index is 2.08. The van der Waals surface area contributed by atoms with E-state index in [-0.39, 0.29) is 5.56 Å². The molecular weight excluding hydrogens is 204 g/mol. The fraction of sp³-hybridized carbons (Fsp3) is 0.167. The maximum absolute atomic E-state index is 11.2. The van der Waals surface area contributed by atoms with Crippen LogP contribution >= 0.6 is 0 Å². The van der Waals surface area contributed by atoms with E-state index in [1.807, 2.05) is 30.3 Å². The molecule has 0 amide bonds. The van der Waals surface area contributed by atoms with Crippen molar-refractivity contribution in [3.8, 4) is 5.75 Å². The van der Waals surface area contributed by atoms with Gasteiger partial charge in [-0.05, 0) is 19.1 Å². The lowest BCUT2D eigenvalue weighted by Crippen LogP contribution is -2.11. The minimum atomic E-state index is -0.154. The summed E-state index contributed by atoms with van der Waals surface area (Å²) in [5, 5.41) is 0. The van der Waals surface area contributed by atoms with Crippen molar-refractivity contribution in [3.05, 3.63) is 58.3 Å². The van der Waals surface area contributed by atoms with Gasteiger partial charge in [-0.15, -0.1) is 0 Å². The molecule has 0 saturated carbocycles. The van der Waals surface area contributed by atoms with Crippen molar-refractivity contribution >= 4 is 0 Å². The number of aromatic nitrogens is 2. The van der Waals surface area contributed by atoms with Crippen molar-refractivity contribution in [2.45, 2.75) is 13.5 Å². The van der Waals surface area contributed by atoms with Crippen LogP contribution in [0.3, 0.4) is 0 Å². The first kappa shape index (κ1) is 10.4. The molecule has 16 heavy (non-hydrogen) atoms. The number of aryl methyl sites for hydroxylation is 1. The second kappa shape index (κ2) is 4.61. The summed E-state index contributed by atoms with van der Waals surface area (Å²) in [5.74, 6) is 1.36. The Morgan fingerprint density at radius 1 is 1.31 bits per heavy atom. The summed E-state index contributed by atoms with van der Waals surface area (Å²) in [6.45, 7) is 2.04. The smallest absolute Gasteiger partial charge is 0.251 e. The Kier molecular flexibility index (Phi) is 3.00. The Labute approximate surface area is 92.9 Å². The fourth-order valence-electron chi connectivity index (χ4n) is 1.39. The molecule has 4 nitrogen and oxygen atoms in total. The standard InChI is InChI=1S/C12H12N2O2/c1-9-13-10(7-12(15)14-9)8-16-11-5-3-2-4-6-11/h2-7H,8H2,1H3,(H,13,14,15). The van der Waals surface area contributed by atoms with E-state index in [1.165, 1.54) is 6.07 Å². The van der Waals surface area contributed by atoms with Crippen LogP contribution in [0.15, 0.2) is 41.2 Å². The van der Waals surface area contributed by atoms with Gasteiger partial charge in [0.25, 0.3) is 5.56 Å². The zero-order valence-electron chi connectivity index (χ0n) is 8.93. The number of aromatic amines is 1. The topological polar surface area (TPSA) is 55.0 Å². The molecule has 2 aromatic rings. The summed E-state index contributed by atoms with van der Waals surface area (Å²) in [6, 6.07) is 10.9. The minimum Gasteiger partial charge on any atom is -0.487 e. The number of ether oxygens (including phenoxy) is 1. The maximum atomic E-state index is 11.2. The van der Waals surface area contributed by atoms with Crippen molar-refractivity contribution in [3.63, 3.8) is 0 Å². The van der Waals surface area contributed by atoms with Crippen LogP contribution in [0.1, 0.15) is 11.5 Å². The number of rotatable bonds is 3. The van der Waals surface area contributed by atoms with E-state index in [2.05, 4.69) is 9.97 Å². The number of nitrogens with zero attached hydrogens (tertiary/aromatic N) is 1. The molecule has 1 N–H and O–H groups in total. The fourth-order valence-corrected chi connectivity index (χ4v) is 1.39. The van der Waals surface area contributed by atoms with Gasteiger partial charge in [0.05, 0.1) is 5.69 Å². The zero-order valence-corrected chi connectivity index (χ0v) is 8.93. The summed E-state index contributed by atoms with van der Waals surface area (Å²) in [6.07, 6.45) is 0. The molecule has 82 valence electrons. The quantitative estimate of drug-likeness (QED) is 0.848. The number of hydrogen-bond acceptors (Lipinski definition) is 3. The van der Waals surface area contributed by atoms with Gasteiger partial charge in [-0.25, -0.2) is 4.98 Å². The number of nitrogens with one attached hydrogen (secondary N) is 1. The highest BCUT2D eigenvalue weighted by Gasteiger charge is 1.99. The molecule has 0 aliphatic heterocycles. The van der Waals surface area contributed by atoms with Gasteiger partial charge in [0.15, 0.2) is 0 Å². The van der Waals surface area contributed by atoms with Crippen molar-refractivity contribution in [1.29, 1.82) is 0 Å². The van der Waals surface area contributed by atoms with Crippen LogP contribution < -0.4 is 10.3 Å². The number of hydrogen-bond donors (Lipinski definition) is 1. The molecule has 0 unspecified atom stereocenters. The normalized spacial score (nSPS) is 10.1. The van der Waals surface area contributed by atoms with Crippen LogP contribution in [0, 0.1) is 6.92 Å². The maximum Gasteiger partial charge on any atom is 0.251 e. The first-order chi connectivity index (χ1) is 7.74. The lowest BCUT2D eigenvalue weighted by molar-refractivity contribution is 0.300. The molecule has 0 radical (unpaired) electrons. The lowest BCUT2D eigenvalue weighted by Gasteiger charge is -2.05. The van der Waals surface area contributed by atoms with Crippen LogP contribution in [-0.4, -0.2) is 9.97 Å². The van der Waals surface area contributed by atoms with Gasteiger partial charge in [0.2, 0.25) is 0 Å². The van der Waals surface area contributed by atoms with Gasteiger partial charge in [0.1, 0.15) is 18.2 Å². The third-order valence-corrected chi connectivity index (χ3v) is 2.04. The summed E-state index contributed by atoms with van der Waals surface area (Å²) in [5.41, 5.74) is 0.476. The van der Waals surface area contributed by atoms with Gasteiger partial charge >= 0.3 is 0 Å². The molecule has 0 aliphatic carbocycles. The van der Waals surface area contributed by atoms with E-state index in [0.29, 0.717) is 18.1 Å². The monoisotopic (exact) mass is 216 g/mol. The highest BCUT2D eigenvalue weighted by Crippen LogP contribution is 2.09. The van der Waals surface area contributed by atoms with E-state index in [0.717, 1.165) is 5.75 Å². The van der Waals surface area contributed by atoms with E-state index in [4.69, 9.17) is 4.74 Å². The van der Waals surface area contributed by atoms with Crippen LogP contribution in [0.4, 0.5) is 0 Å². The minimum absolute atomic E-state index is 0.154. The SMILES string of the molecule is Cc1nc(COc2ccccc2)cc(=O)[nH]1. The number of para-hydroxylation sites is 1. The van der Waals surface area contributed by atoms with Gasteiger partial charge < -0.3 is 9.72 Å². The summed E-state index contributed by atoms with van der Waals surface area (Å²) >= 11 is 0. The predicted octanol–water partition coefficient (Wildman–Crippen LogP) is 1.66. The molecule has 0 atom stereocenters. The average molecular weight is 216 g/mol. The molecule has 0 fully saturated rings. The van der Waals surface area contributed by atoms with Gasteiger partial charge in [-0.1, -0.05) is 18.2 Å². The number of benzene rings is 1. The molecule has 1 aromatic carbocycles. The molecule has 4 heteroatoms. The molecule has 0 saturated heterocycles. The Morgan fingerprint density at radius 3 is 2.75 bits per heavy atom. The van der Waals surface area contributed by atoms with Crippen LogP contribution in [-0.2, 0) is 6.61 Å². The van der Waals surface area contributed by atoms with Crippen molar-refractivity contribution in [2.24, 2.45) is 0 Å². The van der Waals surface area contributed by atoms with E-state index >= 15 is 0 Å². The van der Waals surface area contributed by atoms with Crippen molar-refractivity contribution in [1.82, 2.24) is 9.97 Å². The van der Waals surface area contributed by atoms with Crippen molar-refractivity contribution < 1.29 is 4.74 Å². The van der Waals surface area contributed by atoms with E-state index in [9.17, 15) is 4.79 Å². The average Bonchev–Trinajstić information content (AvgIpc) is 2.27. The zero-order chi connectivity index (χ0) is 11.4. The molecule has 1 aromatic heterocycles. The summed E-state index contributed by atoms with van der Waals surface area (Å²) < 4.78 is 5.49. The van der Waals surface area contributed by atoms with Gasteiger partial charge in [-0.3, -0.25) is 4.79 Å². The van der Waals surface area contributed by atoms with Gasteiger partial charge in [-0.2, -0.15) is 0 Å². The molecular formula is C12H12N2O2.